The summed E-state index contributed by atoms with van der Waals surface area (Å²) in [5, 5.41) is 4.37. The first-order chi connectivity index (χ1) is 16.5. The normalized spacial score (nSPS) is 29.5. The van der Waals surface area contributed by atoms with Crippen LogP contribution in [0.5, 0.6) is 0 Å². The molecule has 1 aromatic rings. The van der Waals surface area contributed by atoms with E-state index < -0.39 is 17.5 Å². The number of nitrogens with zero attached hydrogens (tertiary/aromatic N) is 4. The molecule has 2 atom stereocenters. The molecule has 4 fully saturated rings. The van der Waals surface area contributed by atoms with Crippen molar-refractivity contribution in [2.45, 2.75) is 101 Å². The number of carbonyl (C=O) groups excluding carboxylic acids is 2. The second-order valence-corrected chi connectivity index (χ2v) is 12.5. The Bertz CT molecular complexity index is 939. The van der Waals surface area contributed by atoms with Gasteiger partial charge in [0, 0.05) is 56.0 Å². The van der Waals surface area contributed by atoms with E-state index in [1.807, 2.05) is 14.0 Å². The van der Waals surface area contributed by atoms with E-state index >= 15 is 0 Å². The van der Waals surface area contributed by atoms with Crippen molar-refractivity contribution in [2.24, 2.45) is 0 Å². The molecule has 1 aliphatic carbocycles. The lowest BCUT2D eigenvalue weighted by atomic mass is 9.84. The predicted molar refractivity (Wildman–Crippen MR) is 130 cm³/mol. The van der Waals surface area contributed by atoms with Gasteiger partial charge in [0.2, 0.25) is 17.7 Å². The van der Waals surface area contributed by atoms with Crippen molar-refractivity contribution in [3.8, 4) is 0 Å². The molecule has 4 aliphatic rings. The van der Waals surface area contributed by atoms with E-state index in [0.717, 1.165) is 43.2 Å². The summed E-state index contributed by atoms with van der Waals surface area (Å²) < 4.78 is 27.2. The minimum absolute atomic E-state index is 0.0356. The molecule has 7 nitrogen and oxygen atoms in total. The second kappa shape index (κ2) is 9.34. The Morgan fingerprint density at radius 1 is 1.11 bits per heavy atom. The minimum Gasteiger partial charge on any atom is -0.348 e. The van der Waals surface area contributed by atoms with Gasteiger partial charge in [0.1, 0.15) is 6.04 Å². The molecule has 1 saturated carbocycles. The highest BCUT2D eigenvalue weighted by atomic mass is 32.1. The monoisotopic (exact) mass is 509 g/mol. The van der Waals surface area contributed by atoms with Crippen molar-refractivity contribution >= 4 is 23.2 Å². The number of hydrogen-bond acceptors (Lipinski definition) is 6. The second-order valence-electron chi connectivity index (χ2n) is 11.2. The van der Waals surface area contributed by atoms with Gasteiger partial charge in [0.15, 0.2) is 0 Å². The molecule has 0 aromatic carbocycles. The number of likely N-dealkylation sites (tertiary alicyclic amines) is 1. The number of piperidine rings is 1. The van der Waals surface area contributed by atoms with Crippen molar-refractivity contribution in [1.82, 2.24) is 25.0 Å². The van der Waals surface area contributed by atoms with E-state index in [4.69, 9.17) is 0 Å². The topological polar surface area (TPSA) is 68.8 Å². The first kappa shape index (κ1) is 25.0. The molecular formula is C25H37F2N5O2S. The zero-order valence-electron chi connectivity index (χ0n) is 21.0. The van der Waals surface area contributed by atoms with Gasteiger partial charge in [-0.05, 0) is 53.0 Å². The molecule has 0 unspecified atom stereocenters. The number of halogens is 2. The van der Waals surface area contributed by atoms with Gasteiger partial charge in [0.25, 0.3) is 0 Å². The largest absolute Gasteiger partial charge is 0.348 e. The van der Waals surface area contributed by atoms with Gasteiger partial charge in [-0.25, -0.2) is 13.8 Å². The van der Waals surface area contributed by atoms with E-state index in [-0.39, 0.29) is 36.7 Å². The number of alkyl halides is 2. The summed E-state index contributed by atoms with van der Waals surface area (Å²) in [5.74, 6) is -2.56. The van der Waals surface area contributed by atoms with Crippen LogP contribution in [0.2, 0.25) is 0 Å². The van der Waals surface area contributed by atoms with Crippen LogP contribution in [0, 0.1) is 13.8 Å². The van der Waals surface area contributed by atoms with E-state index in [0.29, 0.717) is 32.2 Å². The lowest BCUT2D eigenvalue weighted by molar-refractivity contribution is -0.135. The van der Waals surface area contributed by atoms with Crippen molar-refractivity contribution in [3.63, 3.8) is 0 Å². The van der Waals surface area contributed by atoms with E-state index in [1.165, 1.54) is 4.88 Å². The van der Waals surface area contributed by atoms with Crippen LogP contribution in [0.3, 0.4) is 0 Å². The molecule has 2 amide bonds. The number of fused-ring (bicyclic) bond motifs is 1. The molecule has 194 valence electrons. The Morgan fingerprint density at radius 3 is 2.43 bits per heavy atom. The van der Waals surface area contributed by atoms with Gasteiger partial charge in [-0.3, -0.25) is 19.4 Å². The summed E-state index contributed by atoms with van der Waals surface area (Å²) >= 11 is 1.74. The third-order valence-electron chi connectivity index (χ3n) is 8.80. The molecule has 0 bridgehead atoms. The maximum absolute atomic E-state index is 13.6. The standard InChI is InChI=1S/C25H37F2N5O2S/c1-16-21(35-17(2)28-16)15-31-10-8-24(9-11-31)13-22(33)32-14-19(12-20(32)23(34)29-24)30(3)18-4-6-25(26,27)7-5-18/h18-20H,4-15H2,1-3H3,(H,29,34)/t19-,20-/m0/s1. The molecule has 10 heteroatoms. The van der Waals surface area contributed by atoms with Crippen LogP contribution < -0.4 is 5.32 Å². The fourth-order valence-electron chi connectivity index (χ4n) is 6.51. The van der Waals surface area contributed by atoms with E-state index in [9.17, 15) is 18.4 Å². The first-order valence-electron chi connectivity index (χ1n) is 12.9. The summed E-state index contributed by atoms with van der Waals surface area (Å²) in [6.07, 6.45) is 3.21. The molecule has 5 rings (SSSR count). The summed E-state index contributed by atoms with van der Waals surface area (Å²) in [7, 11) is 1.97. The fourth-order valence-corrected chi connectivity index (χ4v) is 7.49. The number of hydrogen-bond donors (Lipinski definition) is 1. The molecule has 4 heterocycles. The average Bonchev–Trinajstić information content (AvgIpc) is 3.36. The number of thiazole rings is 1. The van der Waals surface area contributed by atoms with E-state index in [1.54, 1.807) is 16.2 Å². The average molecular weight is 510 g/mol. The molecule has 1 N–H and O–H groups in total. The zero-order valence-corrected chi connectivity index (χ0v) is 21.8. The van der Waals surface area contributed by atoms with E-state index in [2.05, 4.69) is 27.0 Å². The Balaban J connectivity index is 1.19. The Kier molecular flexibility index (Phi) is 6.68. The third-order valence-corrected chi connectivity index (χ3v) is 9.86. The number of likely N-dealkylation sites (N-methyl/N-ethyl adjacent to an activating group) is 1. The first-order valence-corrected chi connectivity index (χ1v) is 13.7. The lowest BCUT2D eigenvalue weighted by Gasteiger charge is -2.41. The minimum atomic E-state index is -2.55. The van der Waals surface area contributed by atoms with Crippen LogP contribution >= 0.6 is 11.3 Å². The van der Waals surface area contributed by atoms with Gasteiger partial charge < -0.3 is 10.2 Å². The van der Waals surface area contributed by atoms with Crippen molar-refractivity contribution in [3.05, 3.63) is 15.6 Å². The molecular weight excluding hydrogens is 472 g/mol. The molecule has 1 spiro atoms. The van der Waals surface area contributed by atoms with Crippen LogP contribution in [-0.2, 0) is 16.1 Å². The Hall–Kier alpha value is -1.65. The van der Waals surface area contributed by atoms with Crippen LogP contribution in [-0.4, -0.2) is 87.8 Å². The number of aromatic nitrogens is 1. The summed E-state index contributed by atoms with van der Waals surface area (Å²) in [5.41, 5.74) is 0.622. The summed E-state index contributed by atoms with van der Waals surface area (Å²) in [4.78, 5) is 38.8. The highest BCUT2D eigenvalue weighted by Gasteiger charge is 2.50. The zero-order chi connectivity index (χ0) is 25.0. The Labute approximate surface area is 210 Å². The van der Waals surface area contributed by atoms with Crippen molar-refractivity contribution in [2.75, 3.05) is 26.7 Å². The fraction of sp³-hybridized carbons (Fsp3) is 0.800. The number of aryl methyl sites for hydroxylation is 2. The number of rotatable bonds is 4. The van der Waals surface area contributed by atoms with Gasteiger partial charge >= 0.3 is 0 Å². The summed E-state index contributed by atoms with van der Waals surface area (Å²) in [6, 6.07) is -0.336. The molecule has 3 aliphatic heterocycles. The maximum atomic E-state index is 13.6. The molecule has 1 aromatic heterocycles. The Morgan fingerprint density at radius 2 is 1.80 bits per heavy atom. The van der Waals surface area contributed by atoms with Gasteiger partial charge in [-0.1, -0.05) is 0 Å². The van der Waals surface area contributed by atoms with Gasteiger partial charge in [-0.2, -0.15) is 0 Å². The van der Waals surface area contributed by atoms with Crippen LogP contribution in [0.25, 0.3) is 0 Å². The highest BCUT2D eigenvalue weighted by Crippen LogP contribution is 2.38. The smallest absolute Gasteiger partial charge is 0.248 e. The summed E-state index contributed by atoms with van der Waals surface area (Å²) in [6.45, 7) is 7.13. The molecule has 3 saturated heterocycles. The number of amides is 2. The third kappa shape index (κ3) is 5.11. The SMILES string of the molecule is Cc1nc(C)c(CN2CCC3(CC2)CC(=O)N2C[C@@H](N(C)C4CCC(F)(F)CC4)C[C@H]2C(=O)N3)s1. The molecule has 35 heavy (non-hydrogen) atoms. The van der Waals surface area contributed by atoms with Crippen LogP contribution in [0.15, 0.2) is 0 Å². The number of nitrogens with one attached hydrogen (secondary N) is 1. The maximum Gasteiger partial charge on any atom is 0.248 e. The predicted octanol–water partition coefficient (Wildman–Crippen LogP) is 3.09. The lowest BCUT2D eigenvalue weighted by Crippen LogP contribution is -2.56. The van der Waals surface area contributed by atoms with Gasteiger partial charge in [-0.15, -0.1) is 11.3 Å². The quantitative estimate of drug-likeness (QED) is 0.676. The highest BCUT2D eigenvalue weighted by molar-refractivity contribution is 7.11. The number of carbonyl (C=O) groups is 2. The van der Waals surface area contributed by atoms with Gasteiger partial charge in [0.05, 0.1) is 22.7 Å². The molecule has 0 radical (unpaired) electrons. The van der Waals surface area contributed by atoms with Crippen molar-refractivity contribution < 1.29 is 18.4 Å². The van der Waals surface area contributed by atoms with Crippen molar-refractivity contribution in [1.29, 1.82) is 0 Å². The van der Waals surface area contributed by atoms with Crippen LogP contribution in [0.4, 0.5) is 8.78 Å². The van der Waals surface area contributed by atoms with Crippen LogP contribution in [0.1, 0.15) is 66.9 Å².